The van der Waals surface area contributed by atoms with E-state index in [-0.39, 0.29) is 11.9 Å². The minimum Gasteiger partial charge on any atom is -0.493 e. The van der Waals surface area contributed by atoms with E-state index in [0.29, 0.717) is 17.2 Å². The molecule has 1 unspecified atom stereocenters. The number of nitrogens with zero attached hydrogens (tertiary/aromatic N) is 2. The van der Waals surface area contributed by atoms with Crippen LogP contribution in [0, 0.1) is 0 Å². The molecule has 1 N–H and O–H groups in total. The van der Waals surface area contributed by atoms with Gasteiger partial charge in [0.15, 0.2) is 11.5 Å². The molecule has 1 aliphatic rings. The Bertz CT molecular complexity index is 743. The van der Waals surface area contributed by atoms with Gasteiger partial charge >= 0.3 is 0 Å². The lowest BCUT2D eigenvalue weighted by molar-refractivity contribution is -0.121. The van der Waals surface area contributed by atoms with Crippen molar-refractivity contribution in [3.63, 3.8) is 0 Å². The SMILES string of the molecule is COc1ccc(NC(=O)C(C)N2CCN(Cc3ccsc3)CC2)cc1OC. The van der Waals surface area contributed by atoms with Gasteiger partial charge < -0.3 is 14.8 Å². The monoisotopic (exact) mass is 389 g/mol. The van der Waals surface area contributed by atoms with Crippen LogP contribution in [0.15, 0.2) is 35.0 Å². The number of carbonyl (C=O) groups excluding carboxylic acids is 1. The minimum absolute atomic E-state index is 0.00601. The van der Waals surface area contributed by atoms with E-state index in [0.717, 1.165) is 32.7 Å². The van der Waals surface area contributed by atoms with Gasteiger partial charge in [-0.05, 0) is 41.4 Å². The maximum atomic E-state index is 12.7. The van der Waals surface area contributed by atoms with Crippen molar-refractivity contribution >= 4 is 22.9 Å². The highest BCUT2D eigenvalue weighted by Gasteiger charge is 2.25. The topological polar surface area (TPSA) is 54.0 Å². The number of piperazine rings is 1. The van der Waals surface area contributed by atoms with Crippen LogP contribution in [0.25, 0.3) is 0 Å². The van der Waals surface area contributed by atoms with E-state index in [2.05, 4.69) is 31.9 Å². The fraction of sp³-hybridized carbons (Fsp3) is 0.450. The van der Waals surface area contributed by atoms with Crippen molar-refractivity contribution in [2.24, 2.45) is 0 Å². The fourth-order valence-corrected chi connectivity index (χ4v) is 3.94. The summed E-state index contributed by atoms with van der Waals surface area (Å²) < 4.78 is 10.5. The number of ether oxygens (including phenoxy) is 2. The summed E-state index contributed by atoms with van der Waals surface area (Å²) in [4.78, 5) is 17.3. The van der Waals surface area contributed by atoms with Crippen molar-refractivity contribution < 1.29 is 14.3 Å². The number of rotatable bonds is 7. The number of nitrogens with one attached hydrogen (secondary N) is 1. The lowest BCUT2D eigenvalue weighted by atomic mass is 10.2. The van der Waals surface area contributed by atoms with Crippen molar-refractivity contribution in [3.05, 3.63) is 40.6 Å². The molecule has 0 radical (unpaired) electrons. The summed E-state index contributed by atoms with van der Waals surface area (Å²) in [6, 6.07) is 7.40. The Morgan fingerprint density at radius 1 is 1.15 bits per heavy atom. The van der Waals surface area contributed by atoms with E-state index in [9.17, 15) is 4.79 Å². The van der Waals surface area contributed by atoms with Gasteiger partial charge in [0, 0.05) is 44.5 Å². The maximum Gasteiger partial charge on any atom is 0.241 e. The molecule has 1 fully saturated rings. The molecule has 27 heavy (non-hydrogen) atoms. The first-order valence-corrected chi connectivity index (χ1v) is 10.1. The molecule has 1 aromatic heterocycles. The summed E-state index contributed by atoms with van der Waals surface area (Å²) in [5.74, 6) is 1.24. The minimum atomic E-state index is -0.179. The molecule has 2 heterocycles. The Morgan fingerprint density at radius 2 is 1.89 bits per heavy atom. The highest BCUT2D eigenvalue weighted by molar-refractivity contribution is 7.07. The van der Waals surface area contributed by atoms with Gasteiger partial charge in [-0.25, -0.2) is 0 Å². The van der Waals surface area contributed by atoms with Gasteiger partial charge in [-0.3, -0.25) is 14.6 Å². The van der Waals surface area contributed by atoms with Crippen LogP contribution in [0.4, 0.5) is 5.69 Å². The lowest BCUT2D eigenvalue weighted by Gasteiger charge is -2.37. The second kappa shape index (κ2) is 9.21. The van der Waals surface area contributed by atoms with Gasteiger partial charge in [-0.15, -0.1) is 0 Å². The lowest BCUT2D eigenvalue weighted by Crippen LogP contribution is -2.52. The average molecular weight is 390 g/mol. The average Bonchev–Trinajstić information content (AvgIpc) is 3.21. The molecule has 7 heteroatoms. The first-order valence-electron chi connectivity index (χ1n) is 9.11. The third-order valence-electron chi connectivity index (χ3n) is 4.97. The van der Waals surface area contributed by atoms with E-state index in [1.165, 1.54) is 5.56 Å². The van der Waals surface area contributed by atoms with Crippen LogP contribution in [-0.2, 0) is 11.3 Å². The molecule has 146 valence electrons. The molecule has 1 saturated heterocycles. The molecule has 1 aromatic carbocycles. The second-order valence-corrected chi connectivity index (χ2v) is 7.46. The summed E-state index contributed by atoms with van der Waals surface area (Å²) in [7, 11) is 3.18. The van der Waals surface area contributed by atoms with E-state index in [1.54, 1.807) is 37.7 Å². The van der Waals surface area contributed by atoms with Crippen molar-refractivity contribution in [2.45, 2.75) is 19.5 Å². The number of thiophene rings is 1. The third kappa shape index (κ3) is 5.00. The van der Waals surface area contributed by atoms with E-state index in [1.807, 2.05) is 13.0 Å². The first kappa shape index (κ1) is 19.7. The van der Waals surface area contributed by atoms with Crippen LogP contribution >= 0.6 is 11.3 Å². The maximum absolute atomic E-state index is 12.7. The molecule has 0 bridgehead atoms. The smallest absolute Gasteiger partial charge is 0.241 e. The largest absolute Gasteiger partial charge is 0.493 e. The molecule has 3 rings (SSSR count). The molecule has 0 saturated carbocycles. The molecule has 0 spiro atoms. The standard InChI is InChI=1S/C20H27N3O3S/c1-15(20(24)21-17-4-5-18(25-2)19(12-17)26-3)23-9-7-22(8-10-23)13-16-6-11-27-14-16/h4-6,11-12,14-15H,7-10,13H2,1-3H3,(H,21,24). The van der Waals surface area contributed by atoms with E-state index in [4.69, 9.17) is 9.47 Å². The molecule has 0 aliphatic carbocycles. The van der Waals surface area contributed by atoms with Crippen molar-refractivity contribution in [2.75, 3.05) is 45.7 Å². The van der Waals surface area contributed by atoms with Gasteiger partial charge in [0.05, 0.1) is 20.3 Å². The zero-order chi connectivity index (χ0) is 19.2. The second-order valence-electron chi connectivity index (χ2n) is 6.68. The molecular weight excluding hydrogens is 362 g/mol. The summed E-state index contributed by atoms with van der Waals surface area (Å²) in [5, 5.41) is 7.30. The van der Waals surface area contributed by atoms with Crippen LogP contribution in [0.1, 0.15) is 12.5 Å². The van der Waals surface area contributed by atoms with Gasteiger partial charge in [-0.1, -0.05) is 0 Å². The summed E-state index contributed by atoms with van der Waals surface area (Å²) >= 11 is 1.74. The summed E-state index contributed by atoms with van der Waals surface area (Å²) in [6.07, 6.45) is 0. The van der Waals surface area contributed by atoms with Crippen LogP contribution < -0.4 is 14.8 Å². The highest BCUT2D eigenvalue weighted by atomic mass is 32.1. The first-order chi connectivity index (χ1) is 13.1. The number of methoxy groups -OCH3 is 2. The Morgan fingerprint density at radius 3 is 2.52 bits per heavy atom. The van der Waals surface area contributed by atoms with Gasteiger partial charge in [0.1, 0.15) is 0 Å². The summed E-state index contributed by atoms with van der Waals surface area (Å²) in [6.45, 7) is 6.69. The van der Waals surface area contributed by atoms with E-state index < -0.39 is 0 Å². The number of benzene rings is 1. The molecule has 2 aromatic rings. The molecule has 1 amide bonds. The van der Waals surface area contributed by atoms with Crippen LogP contribution in [0.3, 0.4) is 0 Å². The van der Waals surface area contributed by atoms with Crippen molar-refractivity contribution in [1.82, 2.24) is 9.80 Å². The Labute approximate surface area is 164 Å². The summed E-state index contributed by atoms with van der Waals surface area (Å²) in [5.41, 5.74) is 2.08. The van der Waals surface area contributed by atoms with Gasteiger partial charge in [-0.2, -0.15) is 11.3 Å². The molecular formula is C20H27N3O3S. The number of hydrogen-bond acceptors (Lipinski definition) is 6. The Hall–Kier alpha value is -2.09. The third-order valence-corrected chi connectivity index (χ3v) is 5.70. The zero-order valence-corrected chi connectivity index (χ0v) is 16.9. The quantitative estimate of drug-likeness (QED) is 0.789. The van der Waals surface area contributed by atoms with Crippen molar-refractivity contribution in [1.29, 1.82) is 0 Å². The van der Waals surface area contributed by atoms with Crippen LogP contribution in [0.2, 0.25) is 0 Å². The van der Waals surface area contributed by atoms with Crippen molar-refractivity contribution in [3.8, 4) is 11.5 Å². The molecule has 6 nitrogen and oxygen atoms in total. The van der Waals surface area contributed by atoms with Crippen LogP contribution in [-0.4, -0.2) is 62.1 Å². The fourth-order valence-electron chi connectivity index (χ4n) is 3.28. The van der Waals surface area contributed by atoms with Gasteiger partial charge in [0.2, 0.25) is 5.91 Å². The van der Waals surface area contributed by atoms with Gasteiger partial charge in [0.25, 0.3) is 0 Å². The normalized spacial score (nSPS) is 16.7. The molecule has 1 atom stereocenters. The predicted molar refractivity (Wildman–Crippen MR) is 109 cm³/mol. The zero-order valence-electron chi connectivity index (χ0n) is 16.1. The van der Waals surface area contributed by atoms with E-state index >= 15 is 0 Å². The number of carbonyl (C=O) groups is 1. The number of hydrogen-bond donors (Lipinski definition) is 1. The predicted octanol–water partition coefficient (Wildman–Crippen LogP) is 2.91. The van der Waals surface area contributed by atoms with Crippen LogP contribution in [0.5, 0.6) is 11.5 Å². The Balaban J connectivity index is 1.52. The molecule has 1 aliphatic heterocycles. The number of anilines is 1. The number of amides is 1. The highest BCUT2D eigenvalue weighted by Crippen LogP contribution is 2.29. The Kier molecular flexibility index (Phi) is 6.71.